The molecule has 0 saturated carbocycles. The predicted octanol–water partition coefficient (Wildman–Crippen LogP) is 1.37. The first-order chi connectivity index (χ1) is 8.66. The molecular weight excluding hydrogens is 268 g/mol. The lowest BCUT2D eigenvalue weighted by molar-refractivity contribution is 0.0586. The van der Waals surface area contributed by atoms with Crippen LogP contribution in [0.4, 0.5) is 0 Å². The average molecular weight is 282 g/mol. The highest BCUT2D eigenvalue weighted by molar-refractivity contribution is 7.27. The van der Waals surface area contributed by atoms with Gasteiger partial charge in [0.05, 0.1) is 17.0 Å². The first-order valence-electron chi connectivity index (χ1n) is 5.80. The number of likely N-dealkylation sites (N-methyl/N-ethyl adjacent to an activating group) is 1. The zero-order valence-electron chi connectivity index (χ0n) is 9.92. The van der Waals surface area contributed by atoms with E-state index in [1.54, 1.807) is 23.3 Å². The third kappa shape index (κ3) is 1.95. The second-order valence-corrected chi connectivity index (χ2v) is 6.50. The second kappa shape index (κ2) is 4.62. The van der Waals surface area contributed by atoms with Crippen molar-refractivity contribution in [3.05, 3.63) is 22.4 Å². The van der Waals surface area contributed by atoms with E-state index in [0.29, 0.717) is 13.1 Å². The third-order valence-electron chi connectivity index (χ3n) is 3.32. The zero-order chi connectivity index (χ0) is 12.7. The Bertz CT molecular complexity index is 549. The van der Waals surface area contributed by atoms with Crippen LogP contribution in [0.2, 0.25) is 0 Å². The molecule has 2 N–H and O–H groups in total. The smallest absolute Gasteiger partial charge is 0.264 e. The lowest BCUT2D eigenvalue weighted by atomic mass is 10.2. The molecule has 2 aromatic heterocycles. The molecule has 0 radical (unpaired) electrons. The maximum atomic E-state index is 12.3. The summed E-state index contributed by atoms with van der Waals surface area (Å²) in [5.41, 5.74) is 0. The third-order valence-corrected chi connectivity index (χ3v) is 5.40. The van der Waals surface area contributed by atoms with Crippen LogP contribution in [0.25, 0.3) is 9.40 Å². The zero-order valence-corrected chi connectivity index (χ0v) is 11.6. The quantitative estimate of drug-likeness (QED) is 0.874. The van der Waals surface area contributed by atoms with Crippen molar-refractivity contribution in [1.82, 2.24) is 10.2 Å². The number of hydrogen-bond donors (Lipinski definition) is 2. The Morgan fingerprint density at radius 3 is 3.00 bits per heavy atom. The summed E-state index contributed by atoms with van der Waals surface area (Å²) in [4.78, 5) is 14.7. The molecule has 3 rings (SSSR count). The summed E-state index contributed by atoms with van der Waals surface area (Å²) < 4.78 is 2.31. The van der Waals surface area contributed by atoms with Crippen LogP contribution < -0.4 is 5.32 Å². The van der Waals surface area contributed by atoms with Gasteiger partial charge in [-0.25, -0.2) is 0 Å². The van der Waals surface area contributed by atoms with Crippen LogP contribution in [0.3, 0.4) is 0 Å². The summed E-state index contributed by atoms with van der Waals surface area (Å²) >= 11 is 3.17. The molecule has 96 valence electrons. The fourth-order valence-electron chi connectivity index (χ4n) is 2.24. The Kier molecular flexibility index (Phi) is 3.11. The summed E-state index contributed by atoms with van der Waals surface area (Å²) in [6.07, 6.45) is -0.472. The highest BCUT2D eigenvalue weighted by Crippen LogP contribution is 2.31. The first kappa shape index (κ1) is 12.1. The molecule has 1 amide bonds. The number of aliphatic hydroxyl groups is 1. The Labute approximate surface area is 113 Å². The van der Waals surface area contributed by atoms with Crippen molar-refractivity contribution in [2.75, 3.05) is 20.1 Å². The van der Waals surface area contributed by atoms with Crippen LogP contribution in [-0.2, 0) is 0 Å². The highest BCUT2D eigenvalue weighted by Gasteiger charge is 2.32. The molecule has 18 heavy (non-hydrogen) atoms. The standard InChI is InChI=1S/C12H14N2O2S2/c1-14(7-5-13-6-8(7)15)12(16)11-4-10-9(18-11)2-3-17-10/h2-4,7-8,13,15H,5-6H2,1H3/t7-,8-/m1/s1. The SMILES string of the molecule is CN(C(=O)c1cc2sccc2s1)[C@@H]1CNC[C@H]1O. The van der Waals surface area contributed by atoms with Gasteiger partial charge in [-0.15, -0.1) is 22.7 Å². The molecule has 1 fully saturated rings. The van der Waals surface area contributed by atoms with E-state index >= 15 is 0 Å². The van der Waals surface area contributed by atoms with Crippen molar-refractivity contribution >= 4 is 38.0 Å². The van der Waals surface area contributed by atoms with E-state index in [1.165, 1.54) is 11.3 Å². The van der Waals surface area contributed by atoms with Crippen LogP contribution in [0.15, 0.2) is 17.5 Å². The number of rotatable bonds is 2. The van der Waals surface area contributed by atoms with Crippen molar-refractivity contribution in [2.24, 2.45) is 0 Å². The van der Waals surface area contributed by atoms with Crippen molar-refractivity contribution in [3.63, 3.8) is 0 Å². The molecule has 2 atom stereocenters. The van der Waals surface area contributed by atoms with Crippen LogP contribution >= 0.6 is 22.7 Å². The fourth-order valence-corrected chi connectivity index (χ4v) is 4.33. The molecule has 6 heteroatoms. The van der Waals surface area contributed by atoms with Gasteiger partial charge in [0.15, 0.2) is 0 Å². The monoisotopic (exact) mass is 282 g/mol. The Morgan fingerprint density at radius 1 is 1.50 bits per heavy atom. The summed E-state index contributed by atoms with van der Waals surface area (Å²) in [5.74, 6) is -0.00356. The summed E-state index contributed by atoms with van der Waals surface area (Å²) in [6, 6.07) is 3.85. The number of nitrogens with zero attached hydrogens (tertiary/aromatic N) is 1. The van der Waals surface area contributed by atoms with Gasteiger partial charge in [-0.1, -0.05) is 0 Å². The van der Waals surface area contributed by atoms with Gasteiger partial charge in [-0.05, 0) is 17.5 Å². The number of nitrogens with one attached hydrogen (secondary N) is 1. The van der Waals surface area contributed by atoms with Gasteiger partial charge >= 0.3 is 0 Å². The molecule has 3 heterocycles. The van der Waals surface area contributed by atoms with Crippen molar-refractivity contribution < 1.29 is 9.90 Å². The maximum absolute atomic E-state index is 12.3. The minimum absolute atomic E-state index is 0.00356. The molecule has 0 bridgehead atoms. The van der Waals surface area contributed by atoms with Gasteiger partial charge in [0.1, 0.15) is 0 Å². The largest absolute Gasteiger partial charge is 0.390 e. The molecule has 2 aromatic rings. The number of carbonyl (C=O) groups is 1. The topological polar surface area (TPSA) is 52.6 Å². The lowest BCUT2D eigenvalue weighted by Gasteiger charge is -2.25. The van der Waals surface area contributed by atoms with E-state index in [1.807, 2.05) is 17.5 Å². The molecule has 0 unspecified atom stereocenters. The van der Waals surface area contributed by atoms with E-state index in [0.717, 1.165) is 14.3 Å². The lowest BCUT2D eigenvalue weighted by Crippen LogP contribution is -2.44. The number of fused-ring (bicyclic) bond motifs is 1. The number of carbonyl (C=O) groups excluding carboxylic acids is 1. The summed E-state index contributed by atoms with van der Waals surface area (Å²) in [6.45, 7) is 1.21. The van der Waals surface area contributed by atoms with Crippen molar-refractivity contribution in [3.8, 4) is 0 Å². The highest BCUT2D eigenvalue weighted by atomic mass is 32.1. The van der Waals surface area contributed by atoms with Crippen LogP contribution in [0, 0.1) is 0 Å². The number of hydrogen-bond acceptors (Lipinski definition) is 5. The van der Waals surface area contributed by atoms with Crippen LogP contribution in [0.1, 0.15) is 9.67 Å². The fraction of sp³-hybridized carbons (Fsp3) is 0.417. The normalized spacial score (nSPS) is 23.7. The van der Waals surface area contributed by atoms with Crippen LogP contribution in [0.5, 0.6) is 0 Å². The summed E-state index contributed by atoms with van der Waals surface area (Å²) in [5, 5.41) is 14.9. The molecule has 1 aliphatic rings. The second-order valence-electron chi connectivity index (χ2n) is 4.47. The van der Waals surface area contributed by atoms with Gasteiger partial charge in [0, 0.05) is 29.5 Å². The van der Waals surface area contributed by atoms with E-state index < -0.39 is 6.10 Å². The first-order valence-corrected chi connectivity index (χ1v) is 7.49. The van der Waals surface area contributed by atoms with Gasteiger partial charge in [-0.2, -0.15) is 0 Å². The Balaban J connectivity index is 1.83. The van der Waals surface area contributed by atoms with Gasteiger partial charge < -0.3 is 15.3 Å². The molecule has 0 aromatic carbocycles. The van der Waals surface area contributed by atoms with Crippen molar-refractivity contribution in [1.29, 1.82) is 0 Å². The molecule has 1 aliphatic heterocycles. The number of thiophene rings is 2. The molecule has 0 aliphatic carbocycles. The number of aliphatic hydroxyl groups excluding tert-OH is 1. The molecule has 4 nitrogen and oxygen atoms in total. The van der Waals surface area contributed by atoms with E-state index in [4.69, 9.17) is 0 Å². The van der Waals surface area contributed by atoms with Gasteiger partial charge in [-0.3, -0.25) is 4.79 Å². The van der Waals surface area contributed by atoms with E-state index in [2.05, 4.69) is 5.32 Å². The van der Waals surface area contributed by atoms with E-state index in [-0.39, 0.29) is 11.9 Å². The van der Waals surface area contributed by atoms with Crippen molar-refractivity contribution in [2.45, 2.75) is 12.1 Å². The maximum Gasteiger partial charge on any atom is 0.264 e. The number of β-amino-alcohol motifs (C(OH)–C–C–N with tert-alkyl or cyclic N) is 1. The minimum Gasteiger partial charge on any atom is -0.390 e. The Morgan fingerprint density at radius 2 is 2.33 bits per heavy atom. The Hall–Kier alpha value is -0.950. The van der Waals surface area contributed by atoms with E-state index in [9.17, 15) is 9.90 Å². The predicted molar refractivity (Wildman–Crippen MR) is 74.5 cm³/mol. The average Bonchev–Trinajstić information content (AvgIpc) is 3.00. The van der Waals surface area contributed by atoms with Gasteiger partial charge in [0.25, 0.3) is 5.91 Å². The summed E-state index contributed by atoms with van der Waals surface area (Å²) in [7, 11) is 1.76. The van der Waals surface area contributed by atoms with Crippen LogP contribution in [-0.4, -0.2) is 48.2 Å². The molecular formula is C12H14N2O2S2. The minimum atomic E-state index is -0.472. The molecule has 0 spiro atoms. The molecule has 1 saturated heterocycles. The van der Waals surface area contributed by atoms with Gasteiger partial charge in [0.2, 0.25) is 0 Å². The number of amides is 1.